The Labute approximate surface area is 174 Å². The highest BCUT2D eigenvalue weighted by molar-refractivity contribution is 5.91. The average Bonchev–Trinajstić information content (AvgIpc) is 3.22. The van der Waals surface area contributed by atoms with Crippen LogP contribution in [0.25, 0.3) is 10.9 Å². The maximum atomic E-state index is 6.05. The number of nitrogens with one attached hydrogen (secondary N) is 3. The maximum Gasteiger partial charge on any atom is 0.225 e. The van der Waals surface area contributed by atoms with Gasteiger partial charge in [0.15, 0.2) is 5.82 Å². The van der Waals surface area contributed by atoms with Gasteiger partial charge in [0.2, 0.25) is 5.95 Å². The summed E-state index contributed by atoms with van der Waals surface area (Å²) in [5.74, 6) is 2.96. The maximum absolute atomic E-state index is 6.05. The van der Waals surface area contributed by atoms with Gasteiger partial charge in [0, 0.05) is 29.3 Å². The number of aromatic amines is 1. The van der Waals surface area contributed by atoms with E-state index in [0.717, 1.165) is 65.2 Å². The number of fused-ring (bicyclic) bond motifs is 7. The Morgan fingerprint density at radius 1 is 0.900 bits per heavy atom. The van der Waals surface area contributed by atoms with E-state index in [4.69, 9.17) is 9.72 Å². The molecular formula is C23H24N6O. The Morgan fingerprint density at radius 2 is 1.80 bits per heavy atom. The van der Waals surface area contributed by atoms with E-state index in [2.05, 4.69) is 37.9 Å². The van der Waals surface area contributed by atoms with Gasteiger partial charge >= 0.3 is 0 Å². The molecule has 0 amide bonds. The molecule has 0 aliphatic carbocycles. The standard InChI is InChI=1S/C23H24N6O/c1-2-9-17-14-21(29-28-17)26-22-18-10-4-5-11-19(18)25-23(27-22)24-15-16-8-3-6-12-20(16)30-13-7-1/h3-6,8,10-12,14H,1-2,7,9,13,15H2,(H3,24,25,26,27,28,29). The molecule has 1 aliphatic rings. The zero-order valence-corrected chi connectivity index (χ0v) is 16.7. The zero-order chi connectivity index (χ0) is 20.2. The quantitative estimate of drug-likeness (QED) is 0.392. The number of ether oxygens (including phenoxy) is 1. The number of aryl methyl sites for hydroxylation is 1. The lowest BCUT2D eigenvalue weighted by molar-refractivity contribution is 0.302. The van der Waals surface area contributed by atoms with Crippen molar-refractivity contribution in [2.24, 2.45) is 0 Å². The van der Waals surface area contributed by atoms with Crippen LogP contribution < -0.4 is 15.4 Å². The smallest absolute Gasteiger partial charge is 0.225 e. The summed E-state index contributed by atoms with van der Waals surface area (Å²) in [6, 6.07) is 18.1. The molecule has 0 fully saturated rings. The minimum atomic E-state index is 0.561. The molecule has 30 heavy (non-hydrogen) atoms. The molecule has 1 aliphatic heterocycles. The number of anilines is 3. The molecule has 4 aromatic rings. The lowest BCUT2D eigenvalue weighted by atomic mass is 10.1. The Balaban J connectivity index is 1.51. The van der Waals surface area contributed by atoms with Crippen molar-refractivity contribution >= 4 is 28.5 Å². The van der Waals surface area contributed by atoms with E-state index in [9.17, 15) is 0 Å². The molecule has 2 aromatic carbocycles. The number of nitrogens with zero attached hydrogens (tertiary/aromatic N) is 3. The molecule has 0 radical (unpaired) electrons. The predicted octanol–water partition coefficient (Wildman–Crippen LogP) is 4.81. The van der Waals surface area contributed by atoms with Crippen LogP contribution >= 0.6 is 0 Å². The largest absolute Gasteiger partial charge is 0.493 e. The molecule has 0 saturated carbocycles. The van der Waals surface area contributed by atoms with Crippen molar-refractivity contribution in [3.8, 4) is 5.75 Å². The van der Waals surface area contributed by atoms with Gasteiger partial charge in [-0.05, 0) is 43.9 Å². The van der Waals surface area contributed by atoms with Crippen LogP contribution in [-0.2, 0) is 13.0 Å². The van der Waals surface area contributed by atoms with E-state index in [0.29, 0.717) is 19.1 Å². The minimum Gasteiger partial charge on any atom is -0.493 e. The first-order valence-electron chi connectivity index (χ1n) is 10.4. The van der Waals surface area contributed by atoms with E-state index in [-0.39, 0.29) is 0 Å². The fraction of sp³-hybridized carbons (Fsp3) is 0.261. The number of H-pyrrole nitrogens is 1. The van der Waals surface area contributed by atoms with Crippen LogP contribution in [-0.4, -0.2) is 26.8 Å². The third-order valence-electron chi connectivity index (χ3n) is 5.24. The van der Waals surface area contributed by atoms with E-state index in [1.54, 1.807) is 0 Å². The fourth-order valence-electron chi connectivity index (χ4n) is 3.67. The SMILES string of the molecule is c1ccc2c(c1)CNc1nc(c3ccccc3n1)Nc1cc([nH]n1)CCCCCO2. The minimum absolute atomic E-state index is 0.561. The lowest BCUT2D eigenvalue weighted by Gasteiger charge is -2.13. The zero-order valence-electron chi connectivity index (χ0n) is 16.7. The van der Waals surface area contributed by atoms with Gasteiger partial charge in [-0.3, -0.25) is 5.10 Å². The van der Waals surface area contributed by atoms with E-state index < -0.39 is 0 Å². The van der Waals surface area contributed by atoms with Crippen LogP contribution in [0.1, 0.15) is 30.5 Å². The van der Waals surface area contributed by atoms with Gasteiger partial charge in [0.05, 0.1) is 12.1 Å². The topological polar surface area (TPSA) is 87.8 Å². The van der Waals surface area contributed by atoms with Crippen molar-refractivity contribution < 1.29 is 4.74 Å². The molecule has 2 aromatic heterocycles. The fourth-order valence-corrected chi connectivity index (χ4v) is 3.67. The summed E-state index contributed by atoms with van der Waals surface area (Å²) in [6.07, 6.45) is 4.19. The van der Waals surface area contributed by atoms with Crippen LogP contribution in [0.5, 0.6) is 5.75 Å². The summed E-state index contributed by atoms with van der Waals surface area (Å²) in [6.45, 7) is 1.30. The molecular weight excluding hydrogens is 376 g/mol. The van der Waals surface area contributed by atoms with Crippen LogP contribution in [0.3, 0.4) is 0 Å². The normalized spacial score (nSPS) is 14.7. The molecule has 4 bridgehead atoms. The highest BCUT2D eigenvalue weighted by Crippen LogP contribution is 2.26. The van der Waals surface area contributed by atoms with Gasteiger partial charge in [-0.25, -0.2) is 4.98 Å². The van der Waals surface area contributed by atoms with Crippen LogP contribution in [0, 0.1) is 0 Å². The lowest BCUT2D eigenvalue weighted by Crippen LogP contribution is -2.08. The number of para-hydroxylation sites is 2. The van der Waals surface area contributed by atoms with Crippen LogP contribution in [0.2, 0.25) is 0 Å². The first-order chi connectivity index (χ1) is 14.8. The second-order valence-corrected chi connectivity index (χ2v) is 7.44. The summed E-state index contributed by atoms with van der Waals surface area (Å²) in [5, 5.41) is 15.2. The molecule has 0 spiro atoms. The second-order valence-electron chi connectivity index (χ2n) is 7.44. The van der Waals surface area contributed by atoms with Gasteiger partial charge in [-0.1, -0.05) is 30.3 Å². The van der Waals surface area contributed by atoms with Crippen molar-refractivity contribution in [1.29, 1.82) is 0 Å². The van der Waals surface area contributed by atoms with Gasteiger partial charge in [-0.15, -0.1) is 0 Å². The summed E-state index contributed by atoms with van der Waals surface area (Å²) < 4.78 is 6.05. The molecule has 7 nitrogen and oxygen atoms in total. The Hall–Kier alpha value is -3.61. The first kappa shape index (κ1) is 18.4. The number of hydrogen-bond acceptors (Lipinski definition) is 6. The average molecular weight is 400 g/mol. The molecule has 0 atom stereocenters. The highest BCUT2D eigenvalue weighted by Gasteiger charge is 2.11. The molecule has 5 rings (SSSR count). The number of hydrogen-bond donors (Lipinski definition) is 3. The van der Waals surface area contributed by atoms with Crippen LogP contribution in [0.15, 0.2) is 54.6 Å². The number of benzene rings is 2. The highest BCUT2D eigenvalue weighted by atomic mass is 16.5. The Morgan fingerprint density at radius 3 is 2.80 bits per heavy atom. The van der Waals surface area contributed by atoms with Gasteiger partial charge < -0.3 is 15.4 Å². The van der Waals surface area contributed by atoms with Gasteiger partial charge in [0.1, 0.15) is 11.6 Å². The molecule has 3 N–H and O–H groups in total. The Bertz CT molecular complexity index is 1160. The monoisotopic (exact) mass is 400 g/mol. The third kappa shape index (κ3) is 4.05. The van der Waals surface area contributed by atoms with E-state index >= 15 is 0 Å². The summed E-state index contributed by atoms with van der Waals surface area (Å²) >= 11 is 0. The second kappa shape index (κ2) is 8.41. The molecule has 0 unspecified atom stereocenters. The van der Waals surface area contributed by atoms with Crippen LogP contribution in [0.4, 0.5) is 17.6 Å². The first-order valence-corrected chi connectivity index (χ1v) is 10.4. The third-order valence-corrected chi connectivity index (χ3v) is 5.24. The van der Waals surface area contributed by atoms with Crippen molar-refractivity contribution in [3.63, 3.8) is 0 Å². The molecule has 152 valence electrons. The Kier molecular flexibility index (Phi) is 5.16. The van der Waals surface area contributed by atoms with Crippen molar-refractivity contribution in [2.45, 2.75) is 32.2 Å². The van der Waals surface area contributed by atoms with E-state index in [1.807, 2.05) is 42.5 Å². The summed E-state index contributed by atoms with van der Waals surface area (Å²) in [7, 11) is 0. The van der Waals surface area contributed by atoms with Gasteiger partial charge in [0.25, 0.3) is 0 Å². The van der Waals surface area contributed by atoms with Crippen molar-refractivity contribution in [3.05, 3.63) is 65.9 Å². The summed E-state index contributed by atoms with van der Waals surface area (Å²) in [4.78, 5) is 9.41. The predicted molar refractivity (Wildman–Crippen MR) is 118 cm³/mol. The number of aromatic nitrogens is 4. The van der Waals surface area contributed by atoms with Crippen molar-refractivity contribution in [2.75, 3.05) is 17.2 Å². The number of rotatable bonds is 0. The molecule has 0 saturated heterocycles. The van der Waals surface area contributed by atoms with Gasteiger partial charge in [-0.2, -0.15) is 10.1 Å². The summed E-state index contributed by atoms with van der Waals surface area (Å²) in [5.41, 5.74) is 3.07. The molecule has 7 heteroatoms. The van der Waals surface area contributed by atoms with E-state index in [1.165, 1.54) is 0 Å². The van der Waals surface area contributed by atoms with Crippen molar-refractivity contribution in [1.82, 2.24) is 20.2 Å². The molecule has 3 heterocycles.